The summed E-state index contributed by atoms with van der Waals surface area (Å²) < 4.78 is 0. The molecule has 0 saturated carbocycles. The average molecular weight is 179 g/mol. The first-order chi connectivity index (χ1) is 6.00. The number of hydrogen-bond acceptors (Lipinski definition) is 3. The van der Waals surface area contributed by atoms with Gasteiger partial charge in [0.05, 0.1) is 5.70 Å². The molecule has 4 heteroatoms. The van der Waals surface area contributed by atoms with Gasteiger partial charge in [0.25, 0.3) is 0 Å². The molecule has 0 aromatic rings. The molecule has 68 valence electrons. The van der Waals surface area contributed by atoms with E-state index in [0.717, 1.165) is 6.08 Å². The van der Waals surface area contributed by atoms with E-state index in [4.69, 9.17) is 0 Å². The Balaban J connectivity index is 2.89. The van der Waals surface area contributed by atoms with Crippen LogP contribution in [0.25, 0.3) is 0 Å². The average Bonchev–Trinajstić information content (AvgIpc) is 1.99. The van der Waals surface area contributed by atoms with Gasteiger partial charge < -0.3 is 5.32 Å². The van der Waals surface area contributed by atoms with Crippen molar-refractivity contribution in [2.45, 2.75) is 13.8 Å². The number of carbonyl (C=O) groups is 3. The van der Waals surface area contributed by atoms with E-state index in [2.05, 4.69) is 5.32 Å². The van der Waals surface area contributed by atoms with Gasteiger partial charge in [-0.05, 0) is 13.0 Å². The van der Waals surface area contributed by atoms with Crippen LogP contribution in [0.5, 0.6) is 0 Å². The zero-order valence-electron chi connectivity index (χ0n) is 7.38. The third kappa shape index (κ3) is 2.11. The third-order valence-corrected chi connectivity index (χ3v) is 1.59. The Labute approximate surface area is 75.3 Å². The summed E-state index contributed by atoms with van der Waals surface area (Å²) in [6, 6.07) is 0. The Morgan fingerprint density at radius 3 is 2.38 bits per heavy atom. The third-order valence-electron chi connectivity index (χ3n) is 1.59. The van der Waals surface area contributed by atoms with Crippen molar-refractivity contribution in [1.82, 2.24) is 5.32 Å². The minimum atomic E-state index is -0.361. The van der Waals surface area contributed by atoms with Gasteiger partial charge in [-0.1, -0.05) is 0 Å². The molecule has 1 N–H and O–H groups in total. The second-order valence-corrected chi connectivity index (χ2v) is 2.80. The first-order valence-electron chi connectivity index (χ1n) is 3.77. The van der Waals surface area contributed by atoms with Crippen LogP contribution in [-0.4, -0.2) is 17.5 Å². The molecule has 1 amide bonds. The highest BCUT2D eigenvalue weighted by atomic mass is 16.2. The highest BCUT2D eigenvalue weighted by molar-refractivity contribution is 6.20. The predicted octanol–water partition coefficient (Wildman–Crippen LogP) is 0.105. The lowest BCUT2D eigenvalue weighted by Crippen LogP contribution is -2.27. The van der Waals surface area contributed by atoms with Gasteiger partial charge in [0, 0.05) is 18.6 Å². The largest absolute Gasteiger partial charge is 0.323 e. The van der Waals surface area contributed by atoms with E-state index in [0.29, 0.717) is 5.57 Å². The van der Waals surface area contributed by atoms with E-state index in [9.17, 15) is 14.4 Å². The van der Waals surface area contributed by atoms with Gasteiger partial charge in [0.15, 0.2) is 5.78 Å². The van der Waals surface area contributed by atoms with Gasteiger partial charge in [-0.2, -0.15) is 0 Å². The maximum Gasteiger partial charge on any atom is 0.221 e. The van der Waals surface area contributed by atoms with Crippen LogP contribution in [-0.2, 0) is 14.4 Å². The Morgan fingerprint density at radius 2 is 1.85 bits per heavy atom. The minimum Gasteiger partial charge on any atom is -0.323 e. The van der Waals surface area contributed by atoms with Gasteiger partial charge in [0.2, 0.25) is 11.7 Å². The van der Waals surface area contributed by atoms with Crippen molar-refractivity contribution in [3.05, 3.63) is 23.4 Å². The quantitative estimate of drug-likeness (QED) is 0.581. The molecule has 0 aromatic heterocycles. The molecule has 0 radical (unpaired) electrons. The van der Waals surface area contributed by atoms with Crippen LogP contribution in [0.2, 0.25) is 0 Å². The number of hydrogen-bond donors (Lipinski definition) is 1. The summed E-state index contributed by atoms with van der Waals surface area (Å²) in [5, 5.41) is 2.29. The normalized spacial score (nSPS) is 16.5. The zero-order valence-corrected chi connectivity index (χ0v) is 7.38. The van der Waals surface area contributed by atoms with E-state index < -0.39 is 0 Å². The van der Waals surface area contributed by atoms with Crippen molar-refractivity contribution in [2.75, 3.05) is 0 Å². The van der Waals surface area contributed by atoms with Crippen molar-refractivity contribution < 1.29 is 14.4 Å². The Bertz CT molecular complexity index is 350. The van der Waals surface area contributed by atoms with Gasteiger partial charge in [0.1, 0.15) is 0 Å². The molecular formula is C9H9NO3. The van der Waals surface area contributed by atoms with Crippen LogP contribution in [0.3, 0.4) is 0 Å². The van der Waals surface area contributed by atoms with Gasteiger partial charge in [-0.3, -0.25) is 14.4 Å². The maximum absolute atomic E-state index is 11.2. The van der Waals surface area contributed by atoms with Crippen molar-refractivity contribution in [1.29, 1.82) is 0 Å². The van der Waals surface area contributed by atoms with Crippen LogP contribution in [0.15, 0.2) is 23.4 Å². The predicted molar refractivity (Wildman–Crippen MR) is 45.7 cm³/mol. The fourth-order valence-corrected chi connectivity index (χ4v) is 0.949. The molecule has 4 nitrogen and oxygen atoms in total. The van der Waals surface area contributed by atoms with Crippen molar-refractivity contribution in [3.63, 3.8) is 0 Å². The number of carbonyl (C=O) groups excluding carboxylic acids is 3. The van der Waals surface area contributed by atoms with E-state index in [1.165, 1.54) is 13.0 Å². The van der Waals surface area contributed by atoms with Crippen molar-refractivity contribution >= 4 is 17.5 Å². The summed E-state index contributed by atoms with van der Waals surface area (Å²) in [5.74, 6) is -0.948. The summed E-state index contributed by atoms with van der Waals surface area (Å²) in [6.45, 7) is 2.84. The lowest BCUT2D eigenvalue weighted by Gasteiger charge is -2.08. The van der Waals surface area contributed by atoms with Crippen LogP contribution in [0, 0.1) is 0 Å². The monoisotopic (exact) mass is 179 g/mol. The summed E-state index contributed by atoms with van der Waals surface area (Å²) >= 11 is 0. The molecule has 0 atom stereocenters. The van der Waals surface area contributed by atoms with Crippen LogP contribution >= 0.6 is 0 Å². The Hall–Kier alpha value is -1.71. The molecule has 1 aliphatic rings. The molecule has 0 fully saturated rings. The maximum atomic E-state index is 11.2. The highest BCUT2D eigenvalue weighted by Crippen LogP contribution is 2.08. The minimum absolute atomic E-state index is 0.0445. The van der Waals surface area contributed by atoms with Crippen LogP contribution < -0.4 is 5.32 Å². The van der Waals surface area contributed by atoms with E-state index in [1.807, 2.05) is 0 Å². The lowest BCUT2D eigenvalue weighted by molar-refractivity contribution is -0.120. The Morgan fingerprint density at radius 1 is 1.23 bits per heavy atom. The zero-order chi connectivity index (χ0) is 10.0. The van der Waals surface area contributed by atoms with Gasteiger partial charge in [-0.25, -0.2) is 0 Å². The van der Waals surface area contributed by atoms with E-state index >= 15 is 0 Å². The van der Waals surface area contributed by atoms with Crippen molar-refractivity contribution in [3.8, 4) is 0 Å². The Kier molecular flexibility index (Phi) is 2.41. The summed E-state index contributed by atoms with van der Waals surface area (Å²) in [7, 11) is 0. The summed E-state index contributed by atoms with van der Waals surface area (Å²) in [4.78, 5) is 32.9. The summed E-state index contributed by atoms with van der Waals surface area (Å²) in [6.07, 6.45) is 2.35. The molecule has 0 heterocycles. The molecule has 0 unspecified atom stereocenters. The SMILES string of the molecule is CC(=O)NC1=CC(=O)C(C)=CC1=O. The molecule has 0 spiro atoms. The molecule has 0 aromatic carbocycles. The fraction of sp³-hybridized carbons (Fsp3) is 0.222. The van der Waals surface area contributed by atoms with Crippen LogP contribution in [0.4, 0.5) is 0 Å². The number of allylic oxidation sites excluding steroid dienone is 3. The van der Waals surface area contributed by atoms with Gasteiger partial charge in [-0.15, -0.1) is 0 Å². The first kappa shape index (κ1) is 9.38. The standard InChI is InChI=1S/C9H9NO3/c1-5-3-9(13)7(4-8(5)12)10-6(2)11/h3-4H,1-2H3,(H,10,11). The van der Waals surface area contributed by atoms with Crippen LogP contribution in [0.1, 0.15) is 13.8 Å². The van der Waals surface area contributed by atoms with Crippen molar-refractivity contribution in [2.24, 2.45) is 0 Å². The number of nitrogens with one attached hydrogen (secondary N) is 1. The van der Waals surface area contributed by atoms with Gasteiger partial charge >= 0.3 is 0 Å². The second kappa shape index (κ2) is 3.35. The lowest BCUT2D eigenvalue weighted by atomic mass is 10.0. The highest BCUT2D eigenvalue weighted by Gasteiger charge is 2.17. The number of amides is 1. The molecule has 0 bridgehead atoms. The number of ketones is 2. The summed E-state index contributed by atoms with van der Waals surface area (Å²) in [5.41, 5.74) is 0.433. The molecular weight excluding hydrogens is 170 g/mol. The number of rotatable bonds is 1. The molecule has 0 aliphatic heterocycles. The smallest absolute Gasteiger partial charge is 0.221 e. The molecule has 13 heavy (non-hydrogen) atoms. The first-order valence-corrected chi connectivity index (χ1v) is 3.77. The second-order valence-electron chi connectivity index (χ2n) is 2.80. The molecule has 0 saturated heterocycles. The fourth-order valence-electron chi connectivity index (χ4n) is 0.949. The molecule has 1 rings (SSSR count). The van der Waals surface area contributed by atoms with E-state index in [1.54, 1.807) is 6.92 Å². The van der Waals surface area contributed by atoms with E-state index in [-0.39, 0.29) is 23.2 Å². The molecule has 1 aliphatic carbocycles. The topological polar surface area (TPSA) is 63.2 Å².